The Morgan fingerprint density at radius 3 is 2.38 bits per heavy atom. The predicted molar refractivity (Wildman–Crippen MR) is 89.5 cm³/mol. The minimum atomic E-state index is -0.0900. The van der Waals surface area contributed by atoms with E-state index in [1.807, 2.05) is 23.7 Å². The minimum absolute atomic E-state index is 0.0900. The molecule has 1 atom stereocenters. The summed E-state index contributed by atoms with van der Waals surface area (Å²) in [5.41, 5.74) is 1.92. The number of aromatic nitrogens is 2. The molecule has 0 fully saturated rings. The lowest BCUT2D eigenvalue weighted by molar-refractivity contribution is 0.520. The van der Waals surface area contributed by atoms with Crippen molar-refractivity contribution < 1.29 is 0 Å². The third-order valence-corrected chi connectivity index (χ3v) is 3.90. The van der Waals surface area contributed by atoms with Crippen LogP contribution in [0.25, 0.3) is 0 Å². The fourth-order valence-electron chi connectivity index (χ4n) is 2.37. The number of hydrogen-bond acceptors (Lipinski definition) is 2. The SMILES string of the molecule is CCCn1ncc(Cl)c1C(NCC)c1cc(Cl)cc(Cl)c1. The molecule has 0 bridgehead atoms. The fourth-order valence-corrected chi connectivity index (χ4v) is 3.16. The summed E-state index contributed by atoms with van der Waals surface area (Å²) in [6.45, 7) is 5.77. The Morgan fingerprint density at radius 2 is 1.81 bits per heavy atom. The number of halogens is 3. The van der Waals surface area contributed by atoms with Crippen LogP contribution in [0, 0.1) is 0 Å². The molecule has 0 saturated carbocycles. The summed E-state index contributed by atoms with van der Waals surface area (Å²) in [4.78, 5) is 0. The summed E-state index contributed by atoms with van der Waals surface area (Å²) >= 11 is 18.6. The second-order valence-electron chi connectivity index (χ2n) is 4.79. The highest BCUT2D eigenvalue weighted by Gasteiger charge is 2.22. The Hall–Kier alpha value is -0.740. The van der Waals surface area contributed by atoms with E-state index >= 15 is 0 Å². The number of aryl methyl sites for hydroxylation is 1. The summed E-state index contributed by atoms with van der Waals surface area (Å²) in [7, 11) is 0. The molecule has 2 rings (SSSR count). The van der Waals surface area contributed by atoms with Crippen molar-refractivity contribution in [2.24, 2.45) is 0 Å². The van der Waals surface area contributed by atoms with E-state index in [1.165, 1.54) is 0 Å². The van der Waals surface area contributed by atoms with Gasteiger partial charge in [0.15, 0.2) is 0 Å². The van der Waals surface area contributed by atoms with Crippen molar-refractivity contribution in [3.8, 4) is 0 Å². The quantitative estimate of drug-likeness (QED) is 0.802. The fraction of sp³-hybridized carbons (Fsp3) is 0.400. The molecule has 1 N–H and O–H groups in total. The highest BCUT2D eigenvalue weighted by atomic mass is 35.5. The van der Waals surface area contributed by atoms with E-state index in [2.05, 4.69) is 17.3 Å². The Morgan fingerprint density at radius 1 is 1.14 bits per heavy atom. The van der Waals surface area contributed by atoms with E-state index in [1.54, 1.807) is 12.3 Å². The summed E-state index contributed by atoms with van der Waals surface area (Å²) in [5.74, 6) is 0. The lowest BCUT2D eigenvalue weighted by Gasteiger charge is -2.21. The summed E-state index contributed by atoms with van der Waals surface area (Å²) in [6, 6.07) is 5.44. The van der Waals surface area contributed by atoms with Crippen LogP contribution in [0.1, 0.15) is 37.6 Å². The molecule has 114 valence electrons. The monoisotopic (exact) mass is 345 g/mol. The molecule has 1 unspecified atom stereocenters. The van der Waals surface area contributed by atoms with Gasteiger partial charge in [-0.15, -0.1) is 0 Å². The van der Waals surface area contributed by atoms with Gasteiger partial charge in [-0.3, -0.25) is 4.68 Å². The smallest absolute Gasteiger partial charge is 0.0837 e. The number of hydrogen-bond donors (Lipinski definition) is 1. The molecule has 0 saturated heterocycles. The third-order valence-electron chi connectivity index (χ3n) is 3.17. The van der Waals surface area contributed by atoms with E-state index in [-0.39, 0.29) is 6.04 Å². The molecule has 2 aromatic rings. The molecule has 1 aromatic heterocycles. The van der Waals surface area contributed by atoms with Gasteiger partial charge in [0.25, 0.3) is 0 Å². The van der Waals surface area contributed by atoms with Crippen molar-refractivity contribution in [1.29, 1.82) is 0 Å². The molecule has 0 aliphatic rings. The van der Waals surface area contributed by atoms with Crippen LogP contribution < -0.4 is 5.32 Å². The van der Waals surface area contributed by atoms with Gasteiger partial charge in [0.1, 0.15) is 0 Å². The molecule has 1 aromatic carbocycles. The van der Waals surface area contributed by atoms with Crippen molar-refractivity contribution >= 4 is 34.8 Å². The van der Waals surface area contributed by atoms with E-state index < -0.39 is 0 Å². The first-order chi connectivity index (χ1) is 10.1. The predicted octanol–water partition coefficient (Wildman–Crippen LogP) is 4.95. The topological polar surface area (TPSA) is 29.9 Å². The van der Waals surface area contributed by atoms with Crippen molar-refractivity contribution in [2.45, 2.75) is 32.9 Å². The molecule has 21 heavy (non-hydrogen) atoms. The van der Waals surface area contributed by atoms with Crippen LogP contribution in [0.4, 0.5) is 0 Å². The largest absolute Gasteiger partial charge is 0.305 e. The molecule has 0 aliphatic carbocycles. The number of nitrogens with one attached hydrogen (secondary N) is 1. The highest BCUT2D eigenvalue weighted by molar-refractivity contribution is 6.34. The van der Waals surface area contributed by atoms with E-state index in [0.717, 1.165) is 30.8 Å². The first-order valence-electron chi connectivity index (χ1n) is 6.97. The molecule has 6 heteroatoms. The van der Waals surface area contributed by atoms with Crippen LogP contribution in [0.15, 0.2) is 24.4 Å². The second kappa shape index (κ2) is 7.50. The zero-order valence-corrected chi connectivity index (χ0v) is 14.3. The average Bonchev–Trinajstić information content (AvgIpc) is 2.77. The Balaban J connectivity index is 2.50. The first kappa shape index (κ1) is 16.6. The van der Waals surface area contributed by atoms with Crippen molar-refractivity contribution in [3.05, 3.63) is 50.7 Å². The van der Waals surface area contributed by atoms with Gasteiger partial charge in [0, 0.05) is 16.6 Å². The second-order valence-corrected chi connectivity index (χ2v) is 6.07. The van der Waals surface area contributed by atoms with Crippen LogP contribution in [0.3, 0.4) is 0 Å². The lowest BCUT2D eigenvalue weighted by atomic mass is 10.0. The van der Waals surface area contributed by atoms with E-state index in [4.69, 9.17) is 34.8 Å². The Bertz CT molecular complexity index is 590. The number of nitrogens with zero attached hydrogens (tertiary/aromatic N) is 2. The van der Waals surface area contributed by atoms with Crippen molar-refractivity contribution in [1.82, 2.24) is 15.1 Å². The molecular formula is C15H18Cl3N3. The molecular weight excluding hydrogens is 329 g/mol. The molecule has 3 nitrogen and oxygen atoms in total. The van der Waals surface area contributed by atoms with E-state index in [0.29, 0.717) is 15.1 Å². The molecule has 0 amide bonds. The van der Waals surface area contributed by atoms with Crippen LogP contribution in [0.2, 0.25) is 15.1 Å². The first-order valence-corrected chi connectivity index (χ1v) is 8.10. The van der Waals surface area contributed by atoms with Crippen LogP contribution in [0.5, 0.6) is 0 Å². The van der Waals surface area contributed by atoms with Gasteiger partial charge < -0.3 is 5.32 Å². The maximum atomic E-state index is 6.35. The molecule has 0 spiro atoms. The van der Waals surface area contributed by atoms with Crippen molar-refractivity contribution in [2.75, 3.05) is 6.54 Å². The normalized spacial score (nSPS) is 12.6. The van der Waals surface area contributed by atoms with E-state index in [9.17, 15) is 0 Å². The highest BCUT2D eigenvalue weighted by Crippen LogP contribution is 2.31. The van der Waals surface area contributed by atoms with Gasteiger partial charge >= 0.3 is 0 Å². The number of benzene rings is 1. The zero-order valence-electron chi connectivity index (χ0n) is 12.0. The van der Waals surface area contributed by atoms with Gasteiger partial charge in [-0.25, -0.2) is 0 Å². The third kappa shape index (κ3) is 3.92. The van der Waals surface area contributed by atoms with Gasteiger partial charge in [-0.05, 0) is 36.7 Å². The van der Waals surface area contributed by atoms with Crippen LogP contribution in [-0.4, -0.2) is 16.3 Å². The summed E-state index contributed by atoms with van der Waals surface area (Å²) < 4.78 is 1.93. The van der Waals surface area contributed by atoms with Gasteiger partial charge in [0.2, 0.25) is 0 Å². The van der Waals surface area contributed by atoms with Crippen LogP contribution in [-0.2, 0) is 6.54 Å². The lowest BCUT2D eigenvalue weighted by Crippen LogP contribution is -2.25. The maximum Gasteiger partial charge on any atom is 0.0837 e. The van der Waals surface area contributed by atoms with Crippen LogP contribution >= 0.6 is 34.8 Å². The van der Waals surface area contributed by atoms with Crippen molar-refractivity contribution in [3.63, 3.8) is 0 Å². The van der Waals surface area contributed by atoms with Gasteiger partial charge in [-0.2, -0.15) is 5.10 Å². The number of rotatable bonds is 6. The minimum Gasteiger partial charge on any atom is -0.305 e. The van der Waals surface area contributed by atoms with Gasteiger partial charge in [-0.1, -0.05) is 48.7 Å². The standard InChI is InChI=1S/C15H18Cl3N3/c1-3-5-21-15(13(18)9-20-21)14(19-4-2)10-6-11(16)8-12(17)7-10/h6-9,14,19H,3-5H2,1-2H3. The van der Waals surface area contributed by atoms with Gasteiger partial charge in [0.05, 0.1) is 23.0 Å². The summed E-state index contributed by atoms with van der Waals surface area (Å²) in [6.07, 6.45) is 2.67. The Kier molecular flexibility index (Phi) is 5.94. The molecule has 0 aliphatic heterocycles. The zero-order chi connectivity index (χ0) is 15.4. The summed E-state index contributed by atoms with van der Waals surface area (Å²) in [5, 5.41) is 9.65. The average molecular weight is 347 g/mol. The molecule has 1 heterocycles. The maximum absolute atomic E-state index is 6.35. The Labute approximate surface area is 140 Å². The molecule has 0 radical (unpaired) electrons.